The molecule has 1 heterocycles. The Balaban J connectivity index is 1.89. The van der Waals surface area contributed by atoms with Gasteiger partial charge in [-0.15, -0.1) is 0 Å². The third-order valence-electron chi connectivity index (χ3n) is 3.60. The summed E-state index contributed by atoms with van der Waals surface area (Å²) in [4.78, 5) is 14.5. The van der Waals surface area contributed by atoms with Crippen LogP contribution in [0.5, 0.6) is 0 Å². The van der Waals surface area contributed by atoms with E-state index in [1.807, 2.05) is 0 Å². The molecule has 0 bridgehead atoms. The van der Waals surface area contributed by atoms with Crippen molar-refractivity contribution in [1.82, 2.24) is 10.2 Å². The minimum Gasteiger partial charge on any atom is -0.399 e. The van der Waals surface area contributed by atoms with Gasteiger partial charge in [-0.1, -0.05) is 18.5 Å². The van der Waals surface area contributed by atoms with Crippen molar-refractivity contribution in [1.29, 1.82) is 0 Å². The molecule has 4 nitrogen and oxygen atoms in total. The highest BCUT2D eigenvalue weighted by atomic mass is 35.5. The Hall–Kier alpha value is -1.26. The first kappa shape index (κ1) is 14.2. The quantitative estimate of drug-likeness (QED) is 0.830. The topological polar surface area (TPSA) is 58.4 Å². The number of hydrogen-bond acceptors (Lipinski definition) is 3. The molecule has 1 amide bonds. The third-order valence-corrected chi connectivity index (χ3v) is 3.93. The minimum absolute atomic E-state index is 0.146. The number of carbonyl (C=O) groups is 1. The van der Waals surface area contributed by atoms with Crippen LogP contribution in [0.2, 0.25) is 5.02 Å². The monoisotopic (exact) mass is 281 g/mol. The maximum atomic E-state index is 12.1. The first-order valence-corrected chi connectivity index (χ1v) is 7.03. The fraction of sp³-hybridized carbons (Fsp3) is 0.500. The number of benzene rings is 1. The number of nitrogens with two attached hydrogens (primary N) is 1. The van der Waals surface area contributed by atoms with Gasteiger partial charge in [0.05, 0.1) is 10.6 Å². The summed E-state index contributed by atoms with van der Waals surface area (Å²) in [6.07, 6.45) is 1.14. The van der Waals surface area contributed by atoms with Crippen LogP contribution in [0.15, 0.2) is 18.2 Å². The van der Waals surface area contributed by atoms with Crippen LogP contribution >= 0.6 is 11.6 Å². The zero-order valence-electron chi connectivity index (χ0n) is 11.2. The Kier molecular flexibility index (Phi) is 4.66. The lowest BCUT2D eigenvalue weighted by molar-refractivity contribution is 0.0947. The van der Waals surface area contributed by atoms with Gasteiger partial charge in [0.25, 0.3) is 5.91 Å². The van der Waals surface area contributed by atoms with Gasteiger partial charge in [0.15, 0.2) is 0 Å². The Morgan fingerprint density at radius 3 is 3.05 bits per heavy atom. The Labute approximate surface area is 118 Å². The largest absolute Gasteiger partial charge is 0.399 e. The standard InChI is InChI=1S/C14H20ClN3O/c1-2-18-6-5-10(9-18)8-17-14(19)12-7-11(16)3-4-13(12)15/h3-4,7,10H,2,5-6,8-9,16H2,1H3,(H,17,19). The second-order valence-electron chi connectivity index (χ2n) is 5.00. The molecule has 1 aliphatic heterocycles. The number of rotatable bonds is 4. The Morgan fingerprint density at radius 2 is 2.37 bits per heavy atom. The van der Waals surface area contributed by atoms with E-state index in [1.54, 1.807) is 18.2 Å². The van der Waals surface area contributed by atoms with Crippen molar-refractivity contribution in [2.24, 2.45) is 5.92 Å². The summed E-state index contributed by atoms with van der Waals surface area (Å²) in [5, 5.41) is 3.39. The highest BCUT2D eigenvalue weighted by Gasteiger charge is 2.22. The SMILES string of the molecule is CCN1CCC(CNC(=O)c2cc(N)ccc2Cl)C1. The predicted octanol–water partition coefficient (Wildman–Crippen LogP) is 1.99. The summed E-state index contributed by atoms with van der Waals surface area (Å²) >= 11 is 6.01. The lowest BCUT2D eigenvalue weighted by atomic mass is 10.1. The molecule has 1 unspecified atom stereocenters. The number of anilines is 1. The van der Waals surface area contributed by atoms with E-state index in [9.17, 15) is 4.79 Å². The molecular formula is C14H20ClN3O. The average Bonchev–Trinajstić information content (AvgIpc) is 2.87. The van der Waals surface area contributed by atoms with Gasteiger partial charge in [-0.2, -0.15) is 0 Å². The van der Waals surface area contributed by atoms with Crippen LogP contribution in [0.1, 0.15) is 23.7 Å². The molecule has 1 aromatic rings. The van der Waals surface area contributed by atoms with Gasteiger partial charge < -0.3 is 16.0 Å². The predicted molar refractivity (Wildman–Crippen MR) is 78.4 cm³/mol. The minimum atomic E-state index is -0.146. The van der Waals surface area contributed by atoms with Crippen molar-refractivity contribution >= 4 is 23.2 Å². The van der Waals surface area contributed by atoms with Crippen molar-refractivity contribution < 1.29 is 4.79 Å². The van der Waals surface area contributed by atoms with Crippen LogP contribution in [0.4, 0.5) is 5.69 Å². The first-order chi connectivity index (χ1) is 9.10. The molecule has 2 rings (SSSR count). The van der Waals surface area contributed by atoms with Gasteiger partial charge in [-0.05, 0) is 43.6 Å². The highest BCUT2D eigenvalue weighted by Crippen LogP contribution is 2.19. The summed E-state index contributed by atoms with van der Waals surface area (Å²) in [6.45, 7) is 6.11. The molecule has 1 fully saturated rings. The maximum absolute atomic E-state index is 12.1. The van der Waals surface area contributed by atoms with Gasteiger partial charge in [0, 0.05) is 18.8 Å². The number of halogens is 1. The van der Waals surface area contributed by atoms with E-state index in [-0.39, 0.29) is 5.91 Å². The van der Waals surface area contributed by atoms with Crippen molar-refractivity contribution in [3.63, 3.8) is 0 Å². The van der Waals surface area contributed by atoms with Gasteiger partial charge in [-0.25, -0.2) is 0 Å². The smallest absolute Gasteiger partial charge is 0.252 e. The number of nitrogens with zero attached hydrogens (tertiary/aromatic N) is 1. The molecular weight excluding hydrogens is 262 g/mol. The molecule has 1 atom stereocenters. The first-order valence-electron chi connectivity index (χ1n) is 6.65. The third kappa shape index (κ3) is 3.61. The molecule has 1 aliphatic rings. The zero-order valence-corrected chi connectivity index (χ0v) is 11.9. The van der Waals surface area contributed by atoms with E-state index < -0.39 is 0 Å². The molecule has 104 valence electrons. The molecule has 0 aromatic heterocycles. The molecule has 0 radical (unpaired) electrons. The summed E-state index contributed by atoms with van der Waals surface area (Å²) in [5.41, 5.74) is 6.67. The fourth-order valence-electron chi connectivity index (χ4n) is 2.42. The highest BCUT2D eigenvalue weighted by molar-refractivity contribution is 6.34. The lowest BCUT2D eigenvalue weighted by Gasteiger charge is -2.14. The number of nitrogens with one attached hydrogen (secondary N) is 1. The maximum Gasteiger partial charge on any atom is 0.252 e. The van der Waals surface area contributed by atoms with Crippen LogP contribution < -0.4 is 11.1 Å². The zero-order chi connectivity index (χ0) is 13.8. The van der Waals surface area contributed by atoms with E-state index in [0.29, 0.717) is 28.7 Å². The molecule has 0 saturated carbocycles. The summed E-state index contributed by atoms with van der Waals surface area (Å²) < 4.78 is 0. The van der Waals surface area contributed by atoms with Crippen molar-refractivity contribution in [2.75, 3.05) is 31.9 Å². The second kappa shape index (κ2) is 6.26. The molecule has 3 N–H and O–H groups in total. The lowest BCUT2D eigenvalue weighted by Crippen LogP contribution is -2.31. The second-order valence-corrected chi connectivity index (χ2v) is 5.40. The Morgan fingerprint density at radius 1 is 1.58 bits per heavy atom. The van der Waals surface area contributed by atoms with Crippen LogP contribution in [0, 0.1) is 5.92 Å². The normalized spacial score (nSPS) is 19.6. The van der Waals surface area contributed by atoms with E-state index in [0.717, 1.165) is 26.1 Å². The van der Waals surface area contributed by atoms with Gasteiger partial charge in [0.1, 0.15) is 0 Å². The number of likely N-dealkylation sites (tertiary alicyclic amines) is 1. The molecule has 0 aliphatic carbocycles. The van der Waals surface area contributed by atoms with Crippen molar-refractivity contribution in [3.8, 4) is 0 Å². The summed E-state index contributed by atoms with van der Waals surface area (Å²) in [6, 6.07) is 4.96. The van der Waals surface area contributed by atoms with Crippen molar-refractivity contribution in [3.05, 3.63) is 28.8 Å². The van der Waals surface area contributed by atoms with Gasteiger partial charge >= 0.3 is 0 Å². The fourth-order valence-corrected chi connectivity index (χ4v) is 2.62. The van der Waals surface area contributed by atoms with E-state index in [2.05, 4.69) is 17.1 Å². The summed E-state index contributed by atoms with van der Waals surface area (Å²) in [5.74, 6) is 0.385. The van der Waals surface area contributed by atoms with Crippen LogP contribution in [-0.2, 0) is 0 Å². The average molecular weight is 282 g/mol. The molecule has 5 heteroatoms. The number of nitrogen functional groups attached to an aromatic ring is 1. The Bertz CT molecular complexity index is 464. The van der Waals surface area contributed by atoms with Crippen LogP contribution in [0.3, 0.4) is 0 Å². The van der Waals surface area contributed by atoms with Gasteiger partial charge in [0.2, 0.25) is 0 Å². The molecule has 1 saturated heterocycles. The number of amides is 1. The number of carbonyl (C=O) groups excluding carboxylic acids is 1. The van der Waals surface area contributed by atoms with E-state index in [4.69, 9.17) is 17.3 Å². The van der Waals surface area contributed by atoms with Crippen molar-refractivity contribution in [2.45, 2.75) is 13.3 Å². The van der Waals surface area contributed by atoms with Gasteiger partial charge in [-0.3, -0.25) is 4.79 Å². The molecule has 1 aromatic carbocycles. The molecule has 19 heavy (non-hydrogen) atoms. The van der Waals surface area contributed by atoms with Crippen LogP contribution in [-0.4, -0.2) is 37.0 Å². The number of hydrogen-bond donors (Lipinski definition) is 2. The van der Waals surface area contributed by atoms with E-state index >= 15 is 0 Å². The van der Waals surface area contributed by atoms with E-state index in [1.165, 1.54) is 0 Å². The molecule has 0 spiro atoms. The van der Waals surface area contributed by atoms with Crippen LogP contribution in [0.25, 0.3) is 0 Å². The summed E-state index contributed by atoms with van der Waals surface area (Å²) in [7, 11) is 0.